The number of amides is 1. The lowest BCUT2D eigenvalue weighted by Crippen LogP contribution is -2.10. The molecule has 0 fully saturated rings. The third kappa shape index (κ3) is 5.16. The fraction of sp³-hybridized carbons (Fsp3) is 0.138. The van der Waals surface area contributed by atoms with Crippen molar-refractivity contribution in [3.8, 4) is 21.1 Å². The molecule has 39 heavy (non-hydrogen) atoms. The summed E-state index contributed by atoms with van der Waals surface area (Å²) in [5, 5.41) is 12.8. The van der Waals surface area contributed by atoms with Crippen molar-refractivity contribution in [2.75, 3.05) is 0 Å². The number of nitrogens with zero attached hydrogens (tertiary/aromatic N) is 6. The van der Waals surface area contributed by atoms with E-state index in [0.717, 1.165) is 49.3 Å². The number of aromatic nitrogens is 6. The second kappa shape index (κ2) is 11.1. The van der Waals surface area contributed by atoms with Crippen LogP contribution in [0.25, 0.3) is 44.3 Å². The second-order valence-electron chi connectivity index (χ2n) is 8.66. The molecule has 0 atom stereocenters. The minimum absolute atomic E-state index is 0.457. The maximum atomic E-state index is 11.6. The summed E-state index contributed by atoms with van der Waals surface area (Å²) in [4.78, 5) is 21.2. The molecule has 2 N–H and O–H groups in total. The smallest absolute Gasteiger partial charge is 0.261 e. The van der Waals surface area contributed by atoms with E-state index < -0.39 is 5.91 Å². The third-order valence-corrected chi connectivity index (χ3v) is 7.90. The van der Waals surface area contributed by atoms with Crippen LogP contribution in [0.1, 0.15) is 46.3 Å². The Morgan fingerprint density at radius 2 is 1.44 bits per heavy atom. The van der Waals surface area contributed by atoms with Gasteiger partial charge in [0.05, 0.1) is 44.9 Å². The lowest BCUT2D eigenvalue weighted by molar-refractivity contribution is 0.100. The minimum atomic E-state index is -0.457. The van der Waals surface area contributed by atoms with Crippen LogP contribution < -0.4 is 5.73 Å². The van der Waals surface area contributed by atoms with Gasteiger partial charge >= 0.3 is 0 Å². The van der Waals surface area contributed by atoms with E-state index in [0.29, 0.717) is 10.6 Å². The summed E-state index contributed by atoms with van der Waals surface area (Å²) in [6.45, 7) is 7.84. The summed E-state index contributed by atoms with van der Waals surface area (Å²) in [5.74, 6) is -0.457. The molecule has 196 valence electrons. The van der Waals surface area contributed by atoms with Crippen molar-refractivity contribution in [2.45, 2.75) is 27.7 Å². The summed E-state index contributed by atoms with van der Waals surface area (Å²) in [7, 11) is 0. The lowest BCUT2D eigenvalue weighted by Gasteiger charge is -1.94. The molecule has 0 spiro atoms. The first-order valence-corrected chi connectivity index (χ1v) is 14.0. The van der Waals surface area contributed by atoms with E-state index in [1.165, 1.54) is 11.3 Å². The maximum absolute atomic E-state index is 11.6. The number of allylic oxidation sites excluding steroid dienone is 2. The van der Waals surface area contributed by atoms with Gasteiger partial charge in [-0.2, -0.15) is 10.2 Å². The molecule has 0 aliphatic heterocycles. The van der Waals surface area contributed by atoms with Crippen LogP contribution in [0.4, 0.5) is 0 Å². The summed E-state index contributed by atoms with van der Waals surface area (Å²) in [6.07, 6.45) is 11.5. The monoisotopic (exact) mass is 553 g/mol. The van der Waals surface area contributed by atoms with E-state index in [-0.39, 0.29) is 0 Å². The number of thiazole rings is 2. The summed E-state index contributed by atoms with van der Waals surface area (Å²) in [6, 6.07) is 11.9. The topological polar surface area (TPSA) is 103 Å². The zero-order chi connectivity index (χ0) is 27.5. The van der Waals surface area contributed by atoms with Crippen molar-refractivity contribution in [3.63, 3.8) is 0 Å². The van der Waals surface area contributed by atoms with Crippen LogP contribution >= 0.6 is 22.7 Å². The molecule has 0 unspecified atom stereocenters. The number of carbonyl (C=O) groups excluding carboxylic acids is 1. The van der Waals surface area contributed by atoms with Crippen LogP contribution in [0, 0.1) is 13.8 Å². The van der Waals surface area contributed by atoms with E-state index >= 15 is 0 Å². The molecule has 8 nitrogen and oxygen atoms in total. The molecule has 0 saturated carbocycles. The average molecular weight is 554 g/mol. The van der Waals surface area contributed by atoms with Crippen LogP contribution in [0.15, 0.2) is 66.3 Å². The number of hydrogen-bond donors (Lipinski definition) is 1. The molecule has 0 aliphatic rings. The molecule has 6 aromatic rings. The fourth-order valence-corrected chi connectivity index (χ4v) is 6.20. The fourth-order valence-electron chi connectivity index (χ4n) is 4.30. The third-order valence-electron chi connectivity index (χ3n) is 5.92. The van der Waals surface area contributed by atoms with Crippen molar-refractivity contribution in [1.82, 2.24) is 29.2 Å². The molecule has 1 amide bonds. The highest BCUT2D eigenvalue weighted by Crippen LogP contribution is 2.34. The quantitative estimate of drug-likeness (QED) is 0.256. The van der Waals surface area contributed by atoms with Crippen LogP contribution in [-0.4, -0.2) is 35.1 Å². The van der Waals surface area contributed by atoms with E-state index in [1.807, 2.05) is 97.7 Å². The van der Waals surface area contributed by atoms with Gasteiger partial charge in [0, 0.05) is 17.8 Å². The Morgan fingerprint density at radius 3 is 2.00 bits per heavy atom. The molecule has 0 saturated heterocycles. The minimum Gasteiger partial charge on any atom is -0.365 e. The Bertz CT molecular complexity index is 1850. The van der Waals surface area contributed by atoms with Crippen molar-refractivity contribution < 1.29 is 4.79 Å². The summed E-state index contributed by atoms with van der Waals surface area (Å²) >= 11 is 2.96. The molecule has 6 aromatic heterocycles. The number of aryl methyl sites for hydroxylation is 2. The Hall–Kier alpha value is -4.41. The van der Waals surface area contributed by atoms with Gasteiger partial charge in [-0.05, 0) is 64.1 Å². The average Bonchev–Trinajstić information content (AvgIpc) is 3.68. The molecule has 0 radical (unpaired) electrons. The molecule has 6 rings (SSSR count). The van der Waals surface area contributed by atoms with E-state index in [4.69, 9.17) is 5.73 Å². The largest absolute Gasteiger partial charge is 0.365 e. The van der Waals surface area contributed by atoms with Gasteiger partial charge in [-0.15, -0.1) is 22.7 Å². The van der Waals surface area contributed by atoms with Gasteiger partial charge in [-0.3, -0.25) is 4.79 Å². The van der Waals surface area contributed by atoms with Crippen molar-refractivity contribution in [3.05, 3.63) is 94.0 Å². The van der Waals surface area contributed by atoms with Crippen molar-refractivity contribution in [1.29, 1.82) is 0 Å². The Balaban J connectivity index is 0.000000160. The second-order valence-corrected chi connectivity index (χ2v) is 10.5. The predicted molar refractivity (Wildman–Crippen MR) is 160 cm³/mol. The predicted octanol–water partition coefficient (Wildman–Crippen LogP) is 6.70. The zero-order valence-electron chi connectivity index (χ0n) is 22.0. The van der Waals surface area contributed by atoms with Gasteiger partial charge < -0.3 is 5.73 Å². The van der Waals surface area contributed by atoms with E-state index in [2.05, 4.69) is 31.6 Å². The standard InChI is InChI=1S/C15H14N4OS.C14H13N3S/c1-3-6-10-13(14(16)20)21-15(17-10)12-9(2)18-19-8-5-4-7-11(12)19;1-3-6-11-9-18-14(15-11)13-10(2)16-17-8-5-4-7-12(13)17/h3-8H,1-2H3,(H2,16,20);3-9H,1-2H3/b2*6-3+. The molecular weight excluding hydrogens is 527 g/mol. The molecular formula is C29H27N7OS2. The van der Waals surface area contributed by atoms with Gasteiger partial charge in [-0.1, -0.05) is 24.3 Å². The van der Waals surface area contributed by atoms with Crippen molar-refractivity contribution >= 4 is 51.8 Å². The van der Waals surface area contributed by atoms with Gasteiger partial charge in [0.2, 0.25) is 0 Å². The summed E-state index contributed by atoms with van der Waals surface area (Å²) in [5.41, 5.74) is 13.1. The lowest BCUT2D eigenvalue weighted by atomic mass is 10.2. The highest BCUT2D eigenvalue weighted by Gasteiger charge is 2.19. The molecule has 0 aliphatic carbocycles. The van der Waals surface area contributed by atoms with E-state index in [1.54, 1.807) is 17.4 Å². The van der Waals surface area contributed by atoms with Gasteiger partial charge in [0.25, 0.3) is 5.91 Å². The highest BCUT2D eigenvalue weighted by molar-refractivity contribution is 7.17. The van der Waals surface area contributed by atoms with Gasteiger partial charge in [0.15, 0.2) is 0 Å². The van der Waals surface area contributed by atoms with Crippen LogP contribution in [0.5, 0.6) is 0 Å². The van der Waals surface area contributed by atoms with Gasteiger partial charge in [-0.25, -0.2) is 19.0 Å². The van der Waals surface area contributed by atoms with Crippen LogP contribution in [-0.2, 0) is 0 Å². The number of fused-ring (bicyclic) bond motifs is 2. The Morgan fingerprint density at radius 1 is 0.846 bits per heavy atom. The zero-order valence-corrected chi connectivity index (χ0v) is 23.6. The molecule has 10 heteroatoms. The first-order chi connectivity index (χ1) is 18.9. The number of hydrogen-bond acceptors (Lipinski definition) is 7. The number of carbonyl (C=O) groups is 1. The normalized spacial score (nSPS) is 11.6. The molecule has 0 bridgehead atoms. The van der Waals surface area contributed by atoms with Crippen LogP contribution in [0.3, 0.4) is 0 Å². The Labute approximate surface area is 233 Å². The first-order valence-electron chi connectivity index (χ1n) is 12.3. The first kappa shape index (κ1) is 26.2. The van der Waals surface area contributed by atoms with Gasteiger partial charge in [0.1, 0.15) is 14.9 Å². The Kier molecular flexibility index (Phi) is 7.49. The number of rotatable bonds is 5. The van der Waals surface area contributed by atoms with Crippen LogP contribution in [0.2, 0.25) is 0 Å². The number of primary amides is 1. The summed E-state index contributed by atoms with van der Waals surface area (Å²) < 4.78 is 3.72. The SMILES string of the molecule is C/C=C/c1csc(-c2c(C)nn3ccccc23)n1.C/C=C/c1nc(-c2c(C)nn3ccccc23)sc1C(N)=O. The number of nitrogens with two attached hydrogens (primary N) is 1. The number of pyridine rings is 2. The van der Waals surface area contributed by atoms with E-state index in [9.17, 15) is 4.79 Å². The van der Waals surface area contributed by atoms with Crippen molar-refractivity contribution in [2.24, 2.45) is 5.73 Å². The highest BCUT2D eigenvalue weighted by atomic mass is 32.1. The molecule has 0 aromatic carbocycles. The molecule has 6 heterocycles. The maximum Gasteiger partial charge on any atom is 0.261 e.